The van der Waals surface area contributed by atoms with E-state index < -0.39 is 5.92 Å². The molecule has 0 unspecified atom stereocenters. The molecular weight excluding hydrogens is 184 g/mol. The lowest BCUT2D eigenvalue weighted by molar-refractivity contribution is -0.0199. The van der Waals surface area contributed by atoms with Gasteiger partial charge in [-0.25, -0.2) is 8.78 Å². The number of nitrogens with zero attached hydrogens (tertiary/aromatic N) is 1. The topological polar surface area (TPSA) is 3.24 Å². The van der Waals surface area contributed by atoms with Crippen LogP contribution in [-0.4, -0.2) is 30.5 Å². The Kier molecular flexibility index (Phi) is 6.25. The van der Waals surface area contributed by atoms with Gasteiger partial charge in [-0.2, -0.15) is 0 Å². The first-order valence-electron chi connectivity index (χ1n) is 5.51. The van der Waals surface area contributed by atoms with Crippen molar-refractivity contribution in [3.8, 4) is 0 Å². The molecule has 0 saturated heterocycles. The zero-order valence-corrected chi connectivity index (χ0v) is 9.82. The van der Waals surface area contributed by atoms with Gasteiger partial charge in [0, 0.05) is 25.9 Å². The molecule has 86 valence electrons. The molecule has 0 aliphatic heterocycles. The molecule has 0 aromatic rings. The fraction of sp³-hybridized carbons (Fsp3) is 1.00. The molecule has 0 fully saturated rings. The fourth-order valence-corrected chi connectivity index (χ4v) is 1.39. The highest BCUT2D eigenvalue weighted by Crippen LogP contribution is 2.22. The van der Waals surface area contributed by atoms with E-state index >= 15 is 0 Å². The van der Waals surface area contributed by atoms with Gasteiger partial charge in [-0.1, -0.05) is 27.7 Å². The van der Waals surface area contributed by atoms with Gasteiger partial charge in [-0.3, -0.25) is 0 Å². The highest BCUT2D eigenvalue weighted by Gasteiger charge is 2.26. The van der Waals surface area contributed by atoms with Gasteiger partial charge in [0.15, 0.2) is 0 Å². The third-order valence-corrected chi connectivity index (χ3v) is 2.38. The van der Waals surface area contributed by atoms with Gasteiger partial charge in [0.1, 0.15) is 0 Å². The van der Waals surface area contributed by atoms with E-state index in [0.29, 0.717) is 12.5 Å². The third kappa shape index (κ3) is 6.30. The van der Waals surface area contributed by atoms with Crippen LogP contribution in [-0.2, 0) is 0 Å². The molecule has 0 aliphatic carbocycles. The van der Waals surface area contributed by atoms with E-state index in [1.54, 1.807) is 6.92 Å². The van der Waals surface area contributed by atoms with E-state index in [0.717, 1.165) is 13.1 Å². The molecule has 0 spiro atoms. The van der Waals surface area contributed by atoms with Crippen molar-refractivity contribution in [2.75, 3.05) is 19.6 Å². The van der Waals surface area contributed by atoms with E-state index in [1.165, 1.54) is 0 Å². The molecule has 0 aromatic heterocycles. The largest absolute Gasteiger partial charge is 0.303 e. The van der Waals surface area contributed by atoms with Crippen LogP contribution in [0.3, 0.4) is 0 Å². The number of alkyl halides is 2. The quantitative estimate of drug-likeness (QED) is 0.618. The average Bonchev–Trinajstić information content (AvgIpc) is 2.12. The second kappa shape index (κ2) is 6.33. The molecule has 0 saturated carbocycles. The van der Waals surface area contributed by atoms with Crippen molar-refractivity contribution in [2.24, 2.45) is 5.92 Å². The maximum Gasteiger partial charge on any atom is 0.249 e. The summed E-state index contributed by atoms with van der Waals surface area (Å²) in [4.78, 5) is 2.09. The lowest BCUT2D eigenvalue weighted by Gasteiger charge is -2.24. The van der Waals surface area contributed by atoms with Gasteiger partial charge in [-0.15, -0.1) is 0 Å². The summed E-state index contributed by atoms with van der Waals surface area (Å²) < 4.78 is 25.9. The molecule has 0 rings (SSSR count). The molecule has 0 aromatic carbocycles. The minimum atomic E-state index is -2.48. The van der Waals surface area contributed by atoms with Crippen LogP contribution < -0.4 is 0 Å². The van der Waals surface area contributed by atoms with E-state index in [1.807, 2.05) is 6.92 Å². The highest BCUT2D eigenvalue weighted by molar-refractivity contribution is 4.67. The standard InChI is InChI=1S/C11H23F2N/c1-5-11(12,13)7-8-14(6-2)9-10(3)4/h10H,5-9H2,1-4H3. The molecule has 3 heteroatoms. The second-order valence-electron chi connectivity index (χ2n) is 4.25. The number of hydrogen-bond acceptors (Lipinski definition) is 1. The van der Waals surface area contributed by atoms with Gasteiger partial charge < -0.3 is 4.90 Å². The van der Waals surface area contributed by atoms with Crippen LogP contribution in [0.5, 0.6) is 0 Å². The van der Waals surface area contributed by atoms with Gasteiger partial charge in [0.05, 0.1) is 0 Å². The summed E-state index contributed by atoms with van der Waals surface area (Å²) in [6.07, 6.45) is -0.0592. The monoisotopic (exact) mass is 207 g/mol. The predicted octanol–water partition coefficient (Wildman–Crippen LogP) is 3.40. The van der Waals surface area contributed by atoms with Crippen LogP contribution >= 0.6 is 0 Å². The lowest BCUT2D eigenvalue weighted by atomic mass is 10.1. The van der Waals surface area contributed by atoms with Crippen molar-refractivity contribution < 1.29 is 8.78 Å². The molecule has 0 radical (unpaired) electrons. The molecular formula is C11H23F2N. The first-order chi connectivity index (χ1) is 6.41. The summed E-state index contributed by atoms with van der Waals surface area (Å²) in [5, 5.41) is 0. The molecule has 0 bridgehead atoms. The third-order valence-electron chi connectivity index (χ3n) is 2.38. The number of hydrogen-bond donors (Lipinski definition) is 0. The van der Waals surface area contributed by atoms with Gasteiger partial charge in [0.25, 0.3) is 0 Å². The van der Waals surface area contributed by atoms with E-state index in [-0.39, 0.29) is 12.8 Å². The Hall–Kier alpha value is -0.180. The average molecular weight is 207 g/mol. The van der Waals surface area contributed by atoms with Crippen LogP contribution in [0.2, 0.25) is 0 Å². The van der Waals surface area contributed by atoms with Crippen molar-refractivity contribution in [1.82, 2.24) is 4.90 Å². The Morgan fingerprint density at radius 2 is 1.79 bits per heavy atom. The Morgan fingerprint density at radius 1 is 1.21 bits per heavy atom. The SMILES string of the molecule is CCN(CCC(F)(F)CC)CC(C)C. The Bertz CT molecular complexity index is 146. The highest BCUT2D eigenvalue weighted by atomic mass is 19.3. The smallest absolute Gasteiger partial charge is 0.249 e. The number of rotatable bonds is 7. The van der Waals surface area contributed by atoms with Crippen molar-refractivity contribution >= 4 is 0 Å². The normalized spacial score (nSPS) is 12.9. The first-order valence-corrected chi connectivity index (χ1v) is 5.51. The zero-order chi connectivity index (χ0) is 11.2. The first kappa shape index (κ1) is 13.8. The van der Waals surface area contributed by atoms with Crippen LogP contribution in [0, 0.1) is 5.92 Å². The molecule has 14 heavy (non-hydrogen) atoms. The van der Waals surface area contributed by atoms with Gasteiger partial charge in [0.2, 0.25) is 5.92 Å². The Labute approximate surface area is 86.5 Å². The van der Waals surface area contributed by atoms with Gasteiger partial charge in [-0.05, 0) is 12.5 Å². The molecule has 0 atom stereocenters. The van der Waals surface area contributed by atoms with Crippen molar-refractivity contribution in [1.29, 1.82) is 0 Å². The van der Waals surface area contributed by atoms with E-state index in [2.05, 4.69) is 18.7 Å². The molecule has 1 nitrogen and oxygen atoms in total. The fourth-order valence-electron chi connectivity index (χ4n) is 1.39. The zero-order valence-electron chi connectivity index (χ0n) is 9.82. The van der Waals surface area contributed by atoms with Crippen molar-refractivity contribution in [2.45, 2.75) is 46.5 Å². The molecule has 0 amide bonds. The molecule has 0 heterocycles. The maximum atomic E-state index is 13.0. The molecule has 0 aliphatic rings. The maximum absolute atomic E-state index is 13.0. The van der Waals surface area contributed by atoms with Crippen LogP contribution in [0.1, 0.15) is 40.5 Å². The Balaban J connectivity index is 3.83. The summed E-state index contributed by atoms with van der Waals surface area (Å²) >= 11 is 0. The second-order valence-corrected chi connectivity index (χ2v) is 4.25. The van der Waals surface area contributed by atoms with Crippen molar-refractivity contribution in [3.63, 3.8) is 0 Å². The summed E-state index contributed by atoms with van der Waals surface area (Å²) in [5.74, 6) is -1.94. The molecule has 0 N–H and O–H groups in total. The minimum Gasteiger partial charge on any atom is -0.303 e. The van der Waals surface area contributed by atoms with E-state index in [9.17, 15) is 8.78 Å². The minimum absolute atomic E-state index is 0.00986. The summed E-state index contributed by atoms with van der Waals surface area (Å²) in [6, 6.07) is 0. The summed E-state index contributed by atoms with van der Waals surface area (Å²) in [5.41, 5.74) is 0. The van der Waals surface area contributed by atoms with Crippen molar-refractivity contribution in [3.05, 3.63) is 0 Å². The Morgan fingerprint density at radius 3 is 2.14 bits per heavy atom. The number of halogens is 2. The van der Waals surface area contributed by atoms with Crippen LogP contribution in [0.15, 0.2) is 0 Å². The van der Waals surface area contributed by atoms with Gasteiger partial charge >= 0.3 is 0 Å². The van der Waals surface area contributed by atoms with Crippen LogP contribution in [0.25, 0.3) is 0 Å². The predicted molar refractivity (Wildman–Crippen MR) is 56.8 cm³/mol. The van der Waals surface area contributed by atoms with Crippen LogP contribution in [0.4, 0.5) is 8.78 Å². The summed E-state index contributed by atoms with van der Waals surface area (Å²) in [6.45, 7) is 10.1. The summed E-state index contributed by atoms with van der Waals surface area (Å²) in [7, 11) is 0. The van der Waals surface area contributed by atoms with E-state index in [4.69, 9.17) is 0 Å². The lowest BCUT2D eigenvalue weighted by Crippen LogP contribution is -2.32.